The number of methoxy groups -OCH3 is 1. The Morgan fingerprint density at radius 1 is 1.13 bits per heavy atom. The monoisotopic (exact) mass is 422 g/mol. The van der Waals surface area contributed by atoms with Gasteiger partial charge in [-0.25, -0.2) is 4.79 Å². The number of aliphatic hydroxyl groups excluding tert-OH is 2. The molecule has 2 atom stereocenters. The van der Waals surface area contributed by atoms with Crippen LogP contribution in [0.1, 0.15) is 25.8 Å². The molecule has 166 valence electrons. The Morgan fingerprint density at radius 2 is 1.80 bits per heavy atom. The molecule has 0 bridgehead atoms. The zero-order chi connectivity index (χ0) is 21.8. The van der Waals surface area contributed by atoms with Crippen LogP contribution in [0.15, 0.2) is 35.9 Å². The molecular formula is C22H30O8. The van der Waals surface area contributed by atoms with E-state index in [1.807, 2.05) is 38.1 Å². The van der Waals surface area contributed by atoms with Crippen molar-refractivity contribution in [3.8, 4) is 5.75 Å². The maximum Gasteiger partial charge on any atom is 0.331 e. The first-order chi connectivity index (χ1) is 14.2. The fourth-order valence-electron chi connectivity index (χ4n) is 3.38. The van der Waals surface area contributed by atoms with Crippen LogP contribution in [0.3, 0.4) is 0 Å². The molecule has 8 nitrogen and oxygen atoms in total. The number of esters is 1. The van der Waals surface area contributed by atoms with Gasteiger partial charge in [-0.3, -0.25) is 0 Å². The smallest absolute Gasteiger partial charge is 0.331 e. The Labute approximate surface area is 176 Å². The Morgan fingerprint density at radius 3 is 2.37 bits per heavy atom. The van der Waals surface area contributed by atoms with Crippen molar-refractivity contribution in [2.75, 3.05) is 33.5 Å². The second-order valence-electron chi connectivity index (χ2n) is 8.27. The number of rotatable bonds is 9. The van der Waals surface area contributed by atoms with Crippen molar-refractivity contribution in [2.24, 2.45) is 5.41 Å². The minimum Gasteiger partial charge on any atom is -0.497 e. The number of aliphatic hydroxyl groups is 2. The molecule has 0 spiro atoms. The van der Waals surface area contributed by atoms with Gasteiger partial charge >= 0.3 is 5.97 Å². The van der Waals surface area contributed by atoms with Gasteiger partial charge in [0.05, 0.1) is 51.2 Å². The van der Waals surface area contributed by atoms with Gasteiger partial charge in [0.2, 0.25) is 0 Å². The summed E-state index contributed by atoms with van der Waals surface area (Å²) < 4.78 is 27.5. The number of benzene rings is 1. The summed E-state index contributed by atoms with van der Waals surface area (Å²) in [5, 5.41) is 21.4. The quantitative estimate of drug-likeness (QED) is 0.578. The van der Waals surface area contributed by atoms with Crippen LogP contribution in [0.25, 0.3) is 0 Å². The maximum atomic E-state index is 11.3. The molecular weight excluding hydrogens is 392 g/mol. The van der Waals surface area contributed by atoms with E-state index in [-0.39, 0.29) is 32.8 Å². The van der Waals surface area contributed by atoms with E-state index in [0.29, 0.717) is 12.2 Å². The van der Waals surface area contributed by atoms with Gasteiger partial charge in [0.25, 0.3) is 0 Å². The molecule has 1 aromatic rings. The lowest BCUT2D eigenvalue weighted by molar-refractivity contribution is -0.308. The average molecular weight is 422 g/mol. The summed E-state index contributed by atoms with van der Waals surface area (Å²) in [7, 11) is 1.61. The molecule has 0 unspecified atom stereocenters. The van der Waals surface area contributed by atoms with Gasteiger partial charge in [-0.15, -0.1) is 0 Å². The Balaban J connectivity index is 1.64. The van der Waals surface area contributed by atoms with Crippen LogP contribution < -0.4 is 4.74 Å². The summed E-state index contributed by atoms with van der Waals surface area (Å²) in [5.41, 5.74) is 0.559. The highest BCUT2D eigenvalue weighted by molar-refractivity contribution is 5.85. The molecule has 1 fully saturated rings. The van der Waals surface area contributed by atoms with E-state index in [4.69, 9.17) is 23.7 Å². The molecule has 0 radical (unpaired) electrons. The molecule has 1 aromatic carbocycles. The van der Waals surface area contributed by atoms with Crippen LogP contribution in [-0.2, 0) is 30.3 Å². The molecule has 0 aliphatic carbocycles. The number of cyclic esters (lactones) is 1. The molecule has 2 aliphatic heterocycles. The normalized spacial score (nSPS) is 22.2. The average Bonchev–Trinajstić information content (AvgIpc) is 3.16. The minimum absolute atomic E-state index is 0.0154. The van der Waals surface area contributed by atoms with E-state index in [2.05, 4.69) is 0 Å². The summed E-state index contributed by atoms with van der Waals surface area (Å²) in [6.07, 6.45) is -0.696. The fourth-order valence-corrected chi connectivity index (χ4v) is 3.38. The highest BCUT2D eigenvalue weighted by Gasteiger charge is 2.46. The molecule has 2 N–H and O–H groups in total. The highest BCUT2D eigenvalue weighted by Crippen LogP contribution is 2.36. The number of hydrogen-bond donors (Lipinski definition) is 2. The third-order valence-corrected chi connectivity index (χ3v) is 5.50. The second-order valence-corrected chi connectivity index (χ2v) is 8.27. The highest BCUT2D eigenvalue weighted by atomic mass is 16.7. The molecule has 8 heteroatoms. The molecule has 0 aromatic heterocycles. The van der Waals surface area contributed by atoms with Crippen LogP contribution in [0.4, 0.5) is 0 Å². The first-order valence-corrected chi connectivity index (χ1v) is 9.95. The standard InChI is InChI=1S/C22H30O8/c1-21(2)29-13-22(14-30-21,12-27-10-15-4-6-17(26-3)7-5-15)19(24)9-18(23)16-8-20(25)28-11-16/h4-8,18-19,23-24H,9-14H2,1-3H3/t18-,19-/m1/s1. The van der Waals surface area contributed by atoms with Gasteiger partial charge in [0.15, 0.2) is 5.79 Å². The summed E-state index contributed by atoms with van der Waals surface area (Å²) in [4.78, 5) is 11.3. The van der Waals surface area contributed by atoms with Gasteiger partial charge in [-0.1, -0.05) is 12.1 Å². The van der Waals surface area contributed by atoms with Crippen molar-refractivity contribution in [1.82, 2.24) is 0 Å². The van der Waals surface area contributed by atoms with Crippen molar-refractivity contribution in [2.45, 2.75) is 44.9 Å². The summed E-state index contributed by atoms with van der Waals surface area (Å²) in [6.45, 7) is 4.60. The fraction of sp³-hybridized carbons (Fsp3) is 0.591. The number of carbonyl (C=O) groups is 1. The number of carbonyl (C=O) groups excluding carboxylic acids is 1. The molecule has 3 rings (SSSR count). The lowest BCUT2D eigenvalue weighted by atomic mass is 9.80. The van der Waals surface area contributed by atoms with Gasteiger partial charge < -0.3 is 33.9 Å². The minimum atomic E-state index is -1.00. The van der Waals surface area contributed by atoms with Gasteiger partial charge in [-0.05, 0) is 31.5 Å². The van der Waals surface area contributed by atoms with Crippen molar-refractivity contribution >= 4 is 5.97 Å². The Hall–Kier alpha value is -1.97. The van der Waals surface area contributed by atoms with Crippen LogP contribution >= 0.6 is 0 Å². The van der Waals surface area contributed by atoms with Crippen molar-refractivity contribution in [3.63, 3.8) is 0 Å². The van der Waals surface area contributed by atoms with Gasteiger partial charge in [0.1, 0.15) is 12.4 Å². The molecule has 1 saturated heterocycles. The van der Waals surface area contributed by atoms with Crippen molar-refractivity contribution in [1.29, 1.82) is 0 Å². The van der Waals surface area contributed by atoms with Crippen molar-refractivity contribution in [3.05, 3.63) is 41.5 Å². The topological polar surface area (TPSA) is 104 Å². The lowest BCUT2D eigenvalue weighted by Crippen LogP contribution is -2.55. The lowest BCUT2D eigenvalue weighted by Gasteiger charge is -2.46. The SMILES string of the molecule is COc1ccc(COCC2([C@H](O)C[C@@H](O)C3=CC(=O)OC3)COC(C)(C)OC2)cc1. The predicted molar refractivity (Wildman–Crippen MR) is 107 cm³/mol. The molecule has 0 amide bonds. The predicted octanol–water partition coefficient (Wildman–Crippen LogP) is 1.58. The van der Waals surface area contributed by atoms with Gasteiger partial charge in [0, 0.05) is 18.1 Å². The zero-order valence-electron chi connectivity index (χ0n) is 17.6. The van der Waals surface area contributed by atoms with Crippen LogP contribution in [0.5, 0.6) is 5.75 Å². The van der Waals surface area contributed by atoms with Crippen LogP contribution in [-0.4, -0.2) is 67.7 Å². The largest absolute Gasteiger partial charge is 0.497 e. The Bertz CT molecular complexity index is 745. The third kappa shape index (κ3) is 5.59. The molecule has 30 heavy (non-hydrogen) atoms. The van der Waals surface area contributed by atoms with Crippen molar-refractivity contribution < 1.29 is 38.7 Å². The van der Waals surface area contributed by atoms with E-state index < -0.39 is 29.4 Å². The van der Waals surface area contributed by atoms with E-state index in [1.54, 1.807) is 7.11 Å². The van der Waals surface area contributed by atoms with E-state index in [9.17, 15) is 15.0 Å². The first-order valence-electron chi connectivity index (χ1n) is 9.95. The van der Waals surface area contributed by atoms with E-state index in [0.717, 1.165) is 11.3 Å². The molecule has 0 saturated carbocycles. The molecule has 2 aliphatic rings. The summed E-state index contributed by atoms with van der Waals surface area (Å²) in [5.74, 6) is -0.478. The van der Waals surface area contributed by atoms with Gasteiger partial charge in [-0.2, -0.15) is 0 Å². The number of ether oxygens (including phenoxy) is 5. The second kappa shape index (κ2) is 9.45. The van der Waals surface area contributed by atoms with Crippen LogP contribution in [0, 0.1) is 5.41 Å². The van der Waals surface area contributed by atoms with E-state index in [1.165, 1.54) is 6.08 Å². The number of hydrogen-bond acceptors (Lipinski definition) is 8. The van der Waals surface area contributed by atoms with Crippen LogP contribution in [0.2, 0.25) is 0 Å². The van der Waals surface area contributed by atoms with E-state index >= 15 is 0 Å². The Kier molecular flexibility index (Phi) is 7.15. The first kappa shape index (κ1) is 22.7. The zero-order valence-corrected chi connectivity index (χ0v) is 17.6. The third-order valence-electron chi connectivity index (χ3n) is 5.50. The summed E-state index contributed by atoms with van der Waals surface area (Å²) in [6, 6.07) is 7.53. The molecule has 2 heterocycles. The summed E-state index contributed by atoms with van der Waals surface area (Å²) >= 11 is 0. The maximum absolute atomic E-state index is 11.3.